The van der Waals surface area contributed by atoms with Crippen molar-refractivity contribution in [3.8, 4) is 11.5 Å². The fourth-order valence-electron chi connectivity index (χ4n) is 1.49. The van der Waals surface area contributed by atoms with E-state index in [2.05, 4.69) is 15.9 Å². The molecule has 1 atom stereocenters. The third kappa shape index (κ3) is 4.56. The molecule has 0 amide bonds. The minimum atomic E-state index is 0.00836. The number of ether oxygens (including phenoxy) is 3. The van der Waals surface area contributed by atoms with E-state index in [9.17, 15) is 0 Å². The van der Waals surface area contributed by atoms with Crippen LogP contribution < -0.4 is 9.47 Å². The summed E-state index contributed by atoms with van der Waals surface area (Å²) < 4.78 is 16.4. The average Bonchev–Trinajstić information content (AvgIpc) is 2.32. The number of rotatable bonds is 7. The molecule has 0 N–H and O–H groups in total. The van der Waals surface area contributed by atoms with Crippen LogP contribution in [0.2, 0.25) is 0 Å². The minimum Gasteiger partial charge on any atom is -0.490 e. The molecule has 17 heavy (non-hydrogen) atoms. The topological polar surface area (TPSA) is 27.7 Å². The molecular weight excluding hydrogens is 284 g/mol. The number of benzene rings is 1. The molecule has 0 aliphatic rings. The molecule has 0 aliphatic carbocycles. The first-order chi connectivity index (χ1) is 8.21. The molecule has 0 radical (unpaired) electrons. The van der Waals surface area contributed by atoms with Gasteiger partial charge in [0, 0.05) is 12.4 Å². The number of alkyl halides is 1. The summed E-state index contributed by atoms with van der Waals surface area (Å²) in [5.74, 6) is 1.55. The highest BCUT2D eigenvalue weighted by molar-refractivity contribution is 9.08. The second-order valence-corrected chi connectivity index (χ2v) is 4.29. The van der Waals surface area contributed by atoms with Crippen molar-refractivity contribution < 1.29 is 14.2 Å². The Morgan fingerprint density at radius 1 is 1.29 bits per heavy atom. The van der Waals surface area contributed by atoms with E-state index in [4.69, 9.17) is 14.2 Å². The first-order valence-electron chi connectivity index (χ1n) is 5.68. The van der Waals surface area contributed by atoms with Gasteiger partial charge in [-0.25, -0.2) is 0 Å². The van der Waals surface area contributed by atoms with Crippen LogP contribution in [0, 0.1) is 0 Å². The van der Waals surface area contributed by atoms with Crippen molar-refractivity contribution in [2.75, 3.05) is 20.3 Å². The fourth-order valence-corrected chi connectivity index (χ4v) is 1.84. The van der Waals surface area contributed by atoms with Crippen molar-refractivity contribution >= 4 is 15.9 Å². The molecule has 1 rings (SSSR count). The Kier molecular flexibility index (Phi) is 6.37. The Balaban J connectivity index is 2.81. The van der Waals surface area contributed by atoms with Crippen LogP contribution in [0.15, 0.2) is 18.2 Å². The molecule has 1 aromatic rings. The summed E-state index contributed by atoms with van der Waals surface area (Å²) in [5.41, 5.74) is 1.17. The highest BCUT2D eigenvalue weighted by Crippen LogP contribution is 2.30. The Labute approximate surface area is 111 Å². The lowest BCUT2D eigenvalue weighted by molar-refractivity contribution is 0.0894. The van der Waals surface area contributed by atoms with Crippen LogP contribution in [0.4, 0.5) is 0 Å². The Hall–Kier alpha value is -0.740. The van der Waals surface area contributed by atoms with Crippen LogP contribution in [0.3, 0.4) is 0 Å². The van der Waals surface area contributed by atoms with E-state index in [0.29, 0.717) is 13.2 Å². The van der Waals surface area contributed by atoms with Gasteiger partial charge in [0.2, 0.25) is 0 Å². The predicted molar refractivity (Wildman–Crippen MR) is 72.2 cm³/mol. The monoisotopic (exact) mass is 302 g/mol. The Morgan fingerprint density at radius 3 is 2.65 bits per heavy atom. The molecule has 0 fully saturated rings. The van der Waals surface area contributed by atoms with E-state index in [1.807, 2.05) is 32.0 Å². The Bertz CT molecular complexity index is 341. The van der Waals surface area contributed by atoms with Crippen LogP contribution in [0.25, 0.3) is 0 Å². The molecule has 96 valence electrons. The second kappa shape index (κ2) is 7.56. The average molecular weight is 303 g/mol. The van der Waals surface area contributed by atoms with E-state index < -0.39 is 0 Å². The molecule has 0 spiro atoms. The summed E-state index contributed by atoms with van der Waals surface area (Å²) in [7, 11) is 1.66. The molecule has 0 bridgehead atoms. The van der Waals surface area contributed by atoms with Crippen LogP contribution in [0.5, 0.6) is 11.5 Å². The zero-order valence-corrected chi connectivity index (χ0v) is 12.1. The molecule has 0 aromatic heterocycles. The maximum Gasteiger partial charge on any atom is 0.161 e. The van der Waals surface area contributed by atoms with Crippen molar-refractivity contribution in [2.24, 2.45) is 0 Å². The van der Waals surface area contributed by atoms with Crippen molar-refractivity contribution in [3.05, 3.63) is 23.8 Å². The number of halogens is 1. The number of methoxy groups -OCH3 is 1. The molecule has 4 heteroatoms. The van der Waals surface area contributed by atoms with Gasteiger partial charge in [0.15, 0.2) is 11.5 Å². The zero-order valence-electron chi connectivity index (χ0n) is 10.5. The van der Waals surface area contributed by atoms with E-state index in [-0.39, 0.29) is 6.10 Å². The van der Waals surface area contributed by atoms with Crippen molar-refractivity contribution in [2.45, 2.75) is 25.3 Å². The first kappa shape index (κ1) is 14.3. The molecular formula is C13H19BrO3. The molecule has 0 saturated carbocycles. The third-order valence-electron chi connectivity index (χ3n) is 2.19. The number of hydrogen-bond acceptors (Lipinski definition) is 3. The van der Waals surface area contributed by atoms with E-state index in [1.165, 1.54) is 5.56 Å². The van der Waals surface area contributed by atoms with Crippen molar-refractivity contribution in [3.63, 3.8) is 0 Å². The van der Waals surface area contributed by atoms with E-state index in [1.54, 1.807) is 7.11 Å². The van der Waals surface area contributed by atoms with Crippen molar-refractivity contribution in [1.82, 2.24) is 0 Å². The summed E-state index contributed by atoms with van der Waals surface area (Å²) in [5, 5.41) is 0.807. The van der Waals surface area contributed by atoms with Gasteiger partial charge >= 0.3 is 0 Å². The van der Waals surface area contributed by atoms with Gasteiger partial charge in [-0.15, -0.1) is 0 Å². The fraction of sp³-hybridized carbons (Fsp3) is 0.538. The van der Waals surface area contributed by atoms with E-state index in [0.717, 1.165) is 16.8 Å². The highest BCUT2D eigenvalue weighted by atomic mass is 79.9. The van der Waals surface area contributed by atoms with Gasteiger partial charge < -0.3 is 14.2 Å². The number of hydrogen-bond donors (Lipinski definition) is 0. The smallest absolute Gasteiger partial charge is 0.161 e. The maximum atomic E-state index is 5.77. The van der Waals surface area contributed by atoms with Crippen LogP contribution in [-0.4, -0.2) is 26.4 Å². The maximum absolute atomic E-state index is 5.77. The Morgan fingerprint density at radius 2 is 2.06 bits per heavy atom. The standard InChI is InChI=1S/C13H19BrO3/c1-4-16-13-7-11(8-14)5-6-12(13)17-10(2)9-15-3/h5-7,10H,4,8-9H2,1-3H3. The predicted octanol–water partition coefficient (Wildman–Crippen LogP) is 3.39. The summed E-state index contributed by atoms with van der Waals surface area (Å²) >= 11 is 3.43. The molecule has 0 aliphatic heterocycles. The normalized spacial score (nSPS) is 12.2. The summed E-state index contributed by atoms with van der Waals surface area (Å²) in [4.78, 5) is 0. The van der Waals surface area contributed by atoms with Gasteiger partial charge in [-0.05, 0) is 31.5 Å². The summed E-state index contributed by atoms with van der Waals surface area (Å²) in [6.45, 7) is 5.12. The molecule has 1 unspecified atom stereocenters. The van der Waals surface area contributed by atoms with Crippen LogP contribution >= 0.6 is 15.9 Å². The largest absolute Gasteiger partial charge is 0.490 e. The highest BCUT2D eigenvalue weighted by Gasteiger charge is 2.10. The molecule has 1 aromatic carbocycles. The lowest BCUT2D eigenvalue weighted by atomic mass is 10.2. The first-order valence-corrected chi connectivity index (χ1v) is 6.80. The minimum absolute atomic E-state index is 0.00836. The van der Waals surface area contributed by atoms with Gasteiger partial charge in [-0.1, -0.05) is 22.0 Å². The summed E-state index contributed by atoms with van der Waals surface area (Å²) in [6, 6.07) is 5.95. The van der Waals surface area contributed by atoms with Crippen molar-refractivity contribution in [1.29, 1.82) is 0 Å². The SMILES string of the molecule is CCOc1cc(CBr)ccc1OC(C)COC. The molecule has 0 heterocycles. The van der Waals surface area contributed by atoms with Gasteiger partial charge in [-0.2, -0.15) is 0 Å². The second-order valence-electron chi connectivity index (χ2n) is 3.73. The van der Waals surface area contributed by atoms with Crippen LogP contribution in [-0.2, 0) is 10.1 Å². The summed E-state index contributed by atoms with van der Waals surface area (Å²) in [6.07, 6.45) is 0.00836. The lowest BCUT2D eigenvalue weighted by Gasteiger charge is -2.17. The van der Waals surface area contributed by atoms with Gasteiger partial charge in [0.1, 0.15) is 6.10 Å². The van der Waals surface area contributed by atoms with Crippen LogP contribution in [0.1, 0.15) is 19.4 Å². The van der Waals surface area contributed by atoms with Gasteiger partial charge in [-0.3, -0.25) is 0 Å². The quantitative estimate of drug-likeness (QED) is 0.723. The lowest BCUT2D eigenvalue weighted by Crippen LogP contribution is -2.18. The van der Waals surface area contributed by atoms with Gasteiger partial charge in [0.25, 0.3) is 0 Å². The third-order valence-corrected chi connectivity index (χ3v) is 2.84. The van der Waals surface area contributed by atoms with Gasteiger partial charge in [0.05, 0.1) is 13.2 Å². The molecule has 0 saturated heterocycles. The zero-order chi connectivity index (χ0) is 12.7. The van der Waals surface area contributed by atoms with E-state index >= 15 is 0 Å². The molecule has 3 nitrogen and oxygen atoms in total.